The van der Waals surface area contributed by atoms with E-state index in [1.807, 2.05) is 16.3 Å². The van der Waals surface area contributed by atoms with Crippen LogP contribution in [0.15, 0.2) is 35.7 Å². The second-order valence-electron chi connectivity index (χ2n) is 7.37. The Bertz CT molecular complexity index is 803. The number of halogens is 2. The van der Waals surface area contributed by atoms with Crippen LogP contribution in [0.4, 0.5) is 8.78 Å². The standard InChI is InChI=1S/C21H23F2NOS2/c22-15-5-6-17(23)16(14-15)18-7-10-24(11-13-26-18)20(25)21(8-1-2-9-21)19-4-3-12-27-19/h3-6,12,14,18H,1-2,7-11,13H2/t18-/m0/s1. The van der Waals surface area contributed by atoms with Gasteiger partial charge in [0.25, 0.3) is 0 Å². The molecule has 0 bridgehead atoms. The molecule has 2 fully saturated rings. The first-order valence-corrected chi connectivity index (χ1v) is 11.4. The summed E-state index contributed by atoms with van der Waals surface area (Å²) in [6.07, 6.45) is 4.65. The fraction of sp³-hybridized carbons (Fsp3) is 0.476. The number of hydrogen-bond acceptors (Lipinski definition) is 3. The number of rotatable bonds is 3. The quantitative estimate of drug-likeness (QED) is 0.665. The zero-order chi connectivity index (χ0) is 18.9. The summed E-state index contributed by atoms with van der Waals surface area (Å²) in [7, 11) is 0. The molecule has 1 aliphatic heterocycles. The van der Waals surface area contributed by atoms with E-state index in [4.69, 9.17) is 0 Å². The summed E-state index contributed by atoms with van der Waals surface area (Å²) in [5.41, 5.74) is 0.0473. The predicted octanol–water partition coefficient (Wildman–Crippen LogP) is 5.54. The number of carbonyl (C=O) groups excluding carboxylic acids is 1. The molecule has 27 heavy (non-hydrogen) atoms. The molecular formula is C21H23F2NOS2. The average Bonchev–Trinajstić information content (AvgIpc) is 3.32. The van der Waals surface area contributed by atoms with Gasteiger partial charge in [-0.15, -0.1) is 11.3 Å². The third-order valence-corrected chi connectivity index (χ3v) is 8.18. The summed E-state index contributed by atoms with van der Waals surface area (Å²) in [4.78, 5) is 16.7. The van der Waals surface area contributed by atoms with Crippen LogP contribution in [0.2, 0.25) is 0 Å². The van der Waals surface area contributed by atoms with Crippen LogP contribution in [0.3, 0.4) is 0 Å². The fourth-order valence-electron chi connectivity index (χ4n) is 4.38. The van der Waals surface area contributed by atoms with Gasteiger partial charge in [-0.05, 0) is 48.9 Å². The Hall–Kier alpha value is -1.40. The first kappa shape index (κ1) is 18.9. The topological polar surface area (TPSA) is 20.3 Å². The first-order valence-electron chi connectivity index (χ1n) is 9.50. The van der Waals surface area contributed by atoms with Crippen molar-refractivity contribution >= 4 is 29.0 Å². The number of thioether (sulfide) groups is 1. The lowest BCUT2D eigenvalue weighted by Crippen LogP contribution is -2.46. The van der Waals surface area contributed by atoms with Gasteiger partial charge in [0.2, 0.25) is 5.91 Å². The molecule has 4 rings (SSSR count). The molecule has 0 radical (unpaired) electrons. The van der Waals surface area contributed by atoms with Gasteiger partial charge in [-0.3, -0.25) is 4.79 Å². The largest absolute Gasteiger partial charge is 0.341 e. The highest BCUT2D eigenvalue weighted by molar-refractivity contribution is 7.99. The van der Waals surface area contributed by atoms with E-state index in [2.05, 4.69) is 6.07 Å². The van der Waals surface area contributed by atoms with Gasteiger partial charge in [0, 0.05) is 34.5 Å². The average molecular weight is 408 g/mol. The highest BCUT2D eigenvalue weighted by Gasteiger charge is 2.46. The highest BCUT2D eigenvalue weighted by Crippen LogP contribution is 2.45. The molecule has 2 heterocycles. The first-order chi connectivity index (χ1) is 13.1. The maximum atomic E-state index is 14.2. The molecule has 1 aliphatic carbocycles. The maximum absolute atomic E-state index is 14.2. The van der Waals surface area contributed by atoms with Gasteiger partial charge in [-0.2, -0.15) is 11.8 Å². The molecule has 0 unspecified atom stereocenters. The van der Waals surface area contributed by atoms with Crippen LogP contribution in [0.1, 0.15) is 47.8 Å². The van der Waals surface area contributed by atoms with Gasteiger partial charge in [0.1, 0.15) is 11.6 Å². The van der Waals surface area contributed by atoms with Crippen molar-refractivity contribution in [1.82, 2.24) is 4.90 Å². The second kappa shape index (κ2) is 7.92. The SMILES string of the molecule is O=C(N1CCS[C@H](c2cc(F)ccc2F)CC1)C1(c2cccs2)CCCC1. The number of hydrogen-bond donors (Lipinski definition) is 0. The minimum Gasteiger partial charge on any atom is -0.341 e. The molecule has 1 saturated carbocycles. The maximum Gasteiger partial charge on any atom is 0.234 e. The Morgan fingerprint density at radius 2 is 1.96 bits per heavy atom. The summed E-state index contributed by atoms with van der Waals surface area (Å²) < 4.78 is 27.8. The minimum absolute atomic E-state index is 0.111. The van der Waals surface area contributed by atoms with Gasteiger partial charge in [0.15, 0.2) is 0 Å². The number of nitrogens with zero attached hydrogens (tertiary/aromatic N) is 1. The van der Waals surface area contributed by atoms with Crippen molar-refractivity contribution in [3.8, 4) is 0 Å². The third kappa shape index (κ3) is 3.66. The van der Waals surface area contributed by atoms with Crippen LogP contribution in [-0.4, -0.2) is 29.6 Å². The third-order valence-electron chi connectivity index (χ3n) is 5.79. The van der Waals surface area contributed by atoms with E-state index in [0.717, 1.165) is 37.5 Å². The van der Waals surface area contributed by atoms with Crippen molar-refractivity contribution in [2.24, 2.45) is 0 Å². The fourth-order valence-corrected chi connectivity index (χ4v) is 6.60. The zero-order valence-electron chi connectivity index (χ0n) is 15.1. The lowest BCUT2D eigenvalue weighted by atomic mass is 9.82. The van der Waals surface area contributed by atoms with Gasteiger partial charge in [-0.25, -0.2) is 8.78 Å². The molecule has 2 nitrogen and oxygen atoms in total. The lowest BCUT2D eigenvalue weighted by molar-refractivity contribution is -0.137. The van der Waals surface area contributed by atoms with Gasteiger partial charge < -0.3 is 4.90 Å². The zero-order valence-corrected chi connectivity index (χ0v) is 16.8. The van der Waals surface area contributed by atoms with E-state index in [-0.39, 0.29) is 22.4 Å². The van der Waals surface area contributed by atoms with E-state index in [9.17, 15) is 13.6 Å². The van der Waals surface area contributed by atoms with Crippen molar-refractivity contribution < 1.29 is 13.6 Å². The Balaban J connectivity index is 1.52. The molecular weight excluding hydrogens is 384 g/mol. The monoisotopic (exact) mass is 407 g/mol. The highest BCUT2D eigenvalue weighted by atomic mass is 32.2. The molecule has 144 valence electrons. The molecule has 1 saturated heterocycles. The van der Waals surface area contributed by atoms with Crippen molar-refractivity contribution in [3.05, 3.63) is 57.8 Å². The number of benzene rings is 1. The van der Waals surface area contributed by atoms with E-state index >= 15 is 0 Å². The molecule has 0 spiro atoms. The van der Waals surface area contributed by atoms with Crippen LogP contribution in [0, 0.1) is 11.6 Å². The predicted molar refractivity (Wildman–Crippen MR) is 107 cm³/mol. The summed E-state index contributed by atoms with van der Waals surface area (Å²) in [5, 5.41) is 1.93. The van der Waals surface area contributed by atoms with Crippen LogP contribution >= 0.6 is 23.1 Å². The van der Waals surface area contributed by atoms with Gasteiger partial charge in [-0.1, -0.05) is 18.9 Å². The van der Waals surface area contributed by atoms with Crippen LogP contribution in [0.5, 0.6) is 0 Å². The Morgan fingerprint density at radius 3 is 2.70 bits per heavy atom. The van der Waals surface area contributed by atoms with Crippen LogP contribution in [0.25, 0.3) is 0 Å². The molecule has 1 aromatic heterocycles. The molecule has 2 aromatic rings. The Kier molecular flexibility index (Phi) is 5.55. The number of thiophene rings is 1. The van der Waals surface area contributed by atoms with Crippen molar-refractivity contribution in [2.45, 2.75) is 42.8 Å². The lowest BCUT2D eigenvalue weighted by Gasteiger charge is -2.33. The molecule has 1 atom stereocenters. The molecule has 6 heteroatoms. The number of carbonyl (C=O) groups is 1. The summed E-state index contributed by atoms with van der Waals surface area (Å²) in [6.45, 7) is 1.27. The van der Waals surface area contributed by atoms with Crippen molar-refractivity contribution in [2.75, 3.05) is 18.8 Å². The van der Waals surface area contributed by atoms with Gasteiger partial charge in [0.05, 0.1) is 5.41 Å². The van der Waals surface area contributed by atoms with E-state index < -0.39 is 5.82 Å². The van der Waals surface area contributed by atoms with Crippen LogP contribution < -0.4 is 0 Å². The molecule has 1 aromatic carbocycles. The Labute approximate surface area is 167 Å². The number of amides is 1. The minimum atomic E-state index is -0.410. The smallest absolute Gasteiger partial charge is 0.234 e. The van der Waals surface area contributed by atoms with E-state index in [1.54, 1.807) is 23.1 Å². The van der Waals surface area contributed by atoms with Crippen molar-refractivity contribution in [3.63, 3.8) is 0 Å². The van der Waals surface area contributed by atoms with Crippen LogP contribution in [-0.2, 0) is 10.2 Å². The van der Waals surface area contributed by atoms with E-state index in [1.165, 1.54) is 17.0 Å². The molecule has 1 amide bonds. The van der Waals surface area contributed by atoms with Gasteiger partial charge >= 0.3 is 0 Å². The molecule has 0 N–H and O–H groups in total. The van der Waals surface area contributed by atoms with E-state index in [0.29, 0.717) is 25.1 Å². The molecule has 2 aliphatic rings. The second-order valence-corrected chi connectivity index (χ2v) is 9.63. The Morgan fingerprint density at radius 1 is 1.15 bits per heavy atom. The van der Waals surface area contributed by atoms with Crippen molar-refractivity contribution in [1.29, 1.82) is 0 Å². The summed E-state index contributed by atoms with van der Waals surface area (Å²) >= 11 is 3.30. The normalized spacial score (nSPS) is 22.6. The summed E-state index contributed by atoms with van der Waals surface area (Å²) in [6, 6.07) is 7.76. The summed E-state index contributed by atoms with van der Waals surface area (Å²) in [5.74, 6) is 0.196.